The van der Waals surface area contributed by atoms with E-state index in [1.54, 1.807) is 12.4 Å². The van der Waals surface area contributed by atoms with Gasteiger partial charge in [0.15, 0.2) is 0 Å². The van der Waals surface area contributed by atoms with E-state index < -0.39 is 0 Å². The van der Waals surface area contributed by atoms with E-state index >= 15 is 0 Å². The van der Waals surface area contributed by atoms with E-state index in [9.17, 15) is 0 Å². The normalized spacial score (nSPS) is 18.0. The van der Waals surface area contributed by atoms with Gasteiger partial charge in [0, 0.05) is 38.2 Å². The van der Waals surface area contributed by atoms with Gasteiger partial charge in [0.05, 0.1) is 17.5 Å². The number of hydrogen-bond donors (Lipinski definition) is 0. The van der Waals surface area contributed by atoms with Crippen LogP contribution in [-0.4, -0.2) is 31.2 Å². The van der Waals surface area contributed by atoms with Crippen molar-refractivity contribution >= 4 is 0 Å². The maximum absolute atomic E-state index is 6.18. The fourth-order valence-electron chi connectivity index (χ4n) is 4.03. The van der Waals surface area contributed by atoms with Gasteiger partial charge in [-0.15, -0.1) is 0 Å². The van der Waals surface area contributed by atoms with Gasteiger partial charge in [-0.3, -0.25) is 14.9 Å². The van der Waals surface area contributed by atoms with Gasteiger partial charge in [-0.25, -0.2) is 4.68 Å². The average Bonchev–Trinajstić information content (AvgIpc) is 2.89. The molecule has 6 heteroatoms. The third kappa shape index (κ3) is 4.07. The lowest BCUT2D eigenvalue weighted by atomic mass is 10.0. The molecule has 4 rings (SSSR count). The Morgan fingerprint density at radius 1 is 1.07 bits per heavy atom. The van der Waals surface area contributed by atoms with E-state index in [0.717, 1.165) is 36.0 Å². The molecule has 28 heavy (non-hydrogen) atoms. The van der Waals surface area contributed by atoms with Gasteiger partial charge < -0.3 is 4.74 Å². The summed E-state index contributed by atoms with van der Waals surface area (Å²) in [6.45, 7) is 3.96. The molecule has 0 aromatic carbocycles. The number of aromatic nitrogens is 4. The highest BCUT2D eigenvalue weighted by atomic mass is 16.5. The number of pyridine rings is 2. The van der Waals surface area contributed by atoms with Crippen LogP contribution < -0.4 is 4.74 Å². The molecule has 1 aliphatic rings. The van der Waals surface area contributed by atoms with Crippen molar-refractivity contribution in [3.63, 3.8) is 0 Å². The van der Waals surface area contributed by atoms with Crippen molar-refractivity contribution in [3.8, 4) is 11.6 Å². The maximum Gasteiger partial charge on any atom is 0.222 e. The molecule has 6 nitrogen and oxygen atoms in total. The van der Waals surface area contributed by atoms with Crippen LogP contribution in [0.4, 0.5) is 0 Å². The van der Waals surface area contributed by atoms with E-state index in [1.165, 1.54) is 31.2 Å². The molecule has 1 fully saturated rings. The van der Waals surface area contributed by atoms with Crippen LogP contribution in [0.2, 0.25) is 0 Å². The third-order valence-corrected chi connectivity index (χ3v) is 5.45. The van der Waals surface area contributed by atoms with Gasteiger partial charge in [-0.1, -0.05) is 12.8 Å². The molecule has 1 aliphatic heterocycles. The number of aryl methyl sites for hydroxylation is 2. The number of ether oxygens (including phenoxy) is 1. The smallest absolute Gasteiger partial charge is 0.222 e. The molecule has 0 bridgehead atoms. The monoisotopic (exact) mass is 377 g/mol. The fourth-order valence-corrected chi connectivity index (χ4v) is 4.03. The molecule has 3 aromatic heterocycles. The van der Waals surface area contributed by atoms with Gasteiger partial charge >= 0.3 is 0 Å². The molecular formula is C22H27N5O. The average molecular weight is 377 g/mol. The van der Waals surface area contributed by atoms with E-state index in [4.69, 9.17) is 4.74 Å². The Hall–Kier alpha value is -2.73. The molecule has 146 valence electrons. The van der Waals surface area contributed by atoms with Crippen molar-refractivity contribution < 1.29 is 4.74 Å². The van der Waals surface area contributed by atoms with E-state index in [2.05, 4.69) is 39.0 Å². The second-order valence-electron chi connectivity index (χ2n) is 7.40. The maximum atomic E-state index is 6.18. The Labute approximate surface area is 166 Å². The van der Waals surface area contributed by atoms with Gasteiger partial charge in [0.1, 0.15) is 5.75 Å². The van der Waals surface area contributed by atoms with Gasteiger partial charge in [0.2, 0.25) is 5.88 Å². The highest BCUT2D eigenvalue weighted by molar-refractivity contribution is 5.35. The van der Waals surface area contributed by atoms with Crippen molar-refractivity contribution in [1.82, 2.24) is 24.6 Å². The van der Waals surface area contributed by atoms with Gasteiger partial charge in [-0.2, -0.15) is 5.10 Å². The molecule has 1 atom stereocenters. The molecule has 1 unspecified atom stereocenters. The molecule has 3 aromatic rings. The molecule has 0 aliphatic carbocycles. The summed E-state index contributed by atoms with van der Waals surface area (Å²) in [6, 6.07) is 8.49. The minimum atomic E-state index is 0.399. The number of likely N-dealkylation sites (tertiary alicyclic amines) is 1. The molecule has 0 spiro atoms. The van der Waals surface area contributed by atoms with Crippen LogP contribution in [0.25, 0.3) is 0 Å². The summed E-state index contributed by atoms with van der Waals surface area (Å²) in [6.07, 6.45) is 12.2. The zero-order valence-electron chi connectivity index (χ0n) is 16.6. The highest BCUT2D eigenvalue weighted by Crippen LogP contribution is 2.34. The summed E-state index contributed by atoms with van der Waals surface area (Å²) in [7, 11) is 1.94. The number of hydrogen-bond acceptors (Lipinski definition) is 5. The third-order valence-electron chi connectivity index (χ3n) is 5.45. The molecule has 4 heterocycles. The van der Waals surface area contributed by atoms with Gasteiger partial charge in [0.25, 0.3) is 0 Å². The minimum Gasteiger partial charge on any atom is -0.437 e. The lowest BCUT2D eigenvalue weighted by Gasteiger charge is -2.30. The first-order valence-electron chi connectivity index (χ1n) is 9.96. The summed E-state index contributed by atoms with van der Waals surface area (Å²) >= 11 is 0. The van der Waals surface area contributed by atoms with E-state index in [0.29, 0.717) is 6.04 Å². The van der Waals surface area contributed by atoms with Crippen molar-refractivity contribution in [1.29, 1.82) is 0 Å². The molecular weight excluding hydrogens is 350 g/mol. The summed E-state index contributed by atoms with van der Waals surface area (Å²) in [5.41, 5.74) is 3.50. The quantitative estimate of drug-likeness (QED) is 0.658. The Balaban J connectivity index is 1.63. The summed E-state index contributed by atoms with van der Waals surface area (Å²) in [4.78, 5) is 10.9. The standard InChI is InChI=1S/C22H27N5O/c1-17-20(22(26(2)25-17)28-19-7-6-11-24-15-19)16-27-14-5-3-4-8-21(27)18-9-12-23-13-10-18/h6-7,9-13,15,21H,3-5,8,14,16H2,1-2H3. The molecule has 1 saturated heterocycles. The minimum absolute atomic E-state index is 0.399. The van der Waals surface area contributed by atoms with Crippen LogP contribution in [0.3, 0.4) is 0 Å². The van der Waals surface area contributed by atoms with E-state index in [-0.39, 0.29) is 0 Å². The SMILES string of the molecule is Cc1nn(C)c(Oc2cccnc2)c1CN1CCCCCC1c1ccncc1. The topological polar surface area (TPSA) is 56.1 Å². The molecule has 0 amide bonds. The zero-order chi connectivity index (χ0) is 19.3. The van der Waals surface area contributed by atoms with Crippen molar-refractivity contribution in [3.05, 3.63) is 65.9 Å². The lowest BCUT2D eigenvalue weighted by Crippen LogP contribution is -2.28. The first-order chi connectivity index (χ1) is 13.7. The van der Waals surface area contributed by atoms with E-state index in [1.807, 2.05) is 36.3 Å². The van der Waals surface area contributed by atoms with Gasteiger partial charge in [-0.05, 0) is 56.1 Å². The van der Waals surface area contributed by atoms with Crippen LogP contribution in [0, 0.1) is 6.92 Å². The Kier molecular flexibility index (Phi) is 5.67. The summed E-state index contributed by atoms with van der Waals surface area (Å²) in [5, 5.41) is 4.63. The Morgan fingerprint density at radius 2 is 1.93 bits per heavy atom. The highest BCUT2D eigenvalue weighted by Gasteiger charge is 2.26. The second-order valence-corrected chi connectivity index (χ2v) is 7.40. The first-order valence-corrected chi connectivity index (χ1v) is 9.96. The Morgan fingerprint density at radius 3 is 2.71 bits per heavy atom. The van der Waals surface area contributed by atoms with Crippen LogP contribution in [0.15, 0.2) is 49.1 Å². The van der Waals surface area contributed by atoms with Crippen molar-refractivity contribution in [2.24, 2.45) is 7.05 Å². The molecule has 0 radical (unpaired) electrons. The predicted octanol–water partition coefficient (Wildman–Crippen LogP) is 4.43. The fraction of sp³-hybridized carbons (Fsp3) is 0.409. The van der Waals surface area contributed by atoms with Crippen LogP contribution in [-0.2, 0) is 13.6 Å². The predicted molar refractivity (Wildman–Crippen MR) is 108 cm³/mol. The molecule has 0 saturated carbocycles. The summed E-state index contributed by atoms with van der Waals surface area (Å²) < 4.78 is 8.01. The van der Waals surface area contributed by atoms with Crippen LogP contribution in [0.5, 0.6) is 11.6 Å². The molecule has 0 N–H and O–H groups in total. The van der Waals surface area contributed by atoms with Crippen molar-refractivity contribution in [2.45, 2.75) is 45.2 Å². The second kappa shape index (κ2) is 8.52. The van der Waals surface area contributed by atoms with Crippen LogP contribution in [0.1, 0.15) is 48.5 Å². The lowest BCUT2D eigenvalue weighted by molar-refractivity contribution is 0.190. The zero-order valence-corrected chi connectivity index (χ0v) is 16.6. The Bertz CT molecular complexity index is 894. The number of nitrogens with zero attached hydrogens (tertiary/aromatic N) is 5. The first kappa shape index (κ1) is 18.6. The summed E-state index contributed by atoms with van der Waals surface area (Å²) in [5.74, 6) is 1.52. The largest absolute Gasteiger partial charge is 0.437 e. The van der Waals surface area contributed by atoms with Crippen molar-refractivity contribution in [2.75, 3.05) is 6.54 Å². The van der Waals surface area contributed by atoms with Crippen LogP contribution >= 0.6 is 0 Å². The number of rotatable bonds is 5.